The zero-order valence-electron chi connectivity index (χ0n) is 13.7. The van der Waals surface area contributed by atoms with Gasteiger partial charge < -0.3 is 14.2 Å². The number of halogens is 1. The Balaban J connectivity index is 2.29. The van der Waals surface area contributed by atoms with Gasteiger partial charge in [0.05, 0.1) is 30.2 Å². The van der Waals surface area contributed by atoms with Gasteiger partial charge in [0.15, 0.2) is 11.5 Å². The molecule has 0 N–H and O–H groups in total. The molecule has 0 atom stereocenters. The van der Waals surface area contributed by atoms with Gasteiger partial charge >= 0.3 is 0 Å². The minimum atomic E-state index is -0.158. The van der Waals surface area contributed by atoms with E-state index in [4.69, 9.17) is 44.5 Å². The van der Waals surface area contributed by atoms with Crippen LogP contribution < -0.4 is 9.47 Å². The second-order valence-corrected chi connectivity index (χ2v) is 6.94. The van der Waals surface area contributed by atoms with Crippen LogP contribution in [0.15, 0.2) is 17.0 Å². The van der Waals surface area contributed by atoms with Crippen molar-refractivity contribution < 1.29 is 19.0 Å². The predicted octanol–water partition coefficient (Wildman–Crippen LogP) is 3.21. The Bertz CT molecular complexity index is 758. The van der Waals surface area contributed by atoms with E-state index in [0.717, 1.165) is 0 Å². The van der Waals surface area contributed by atoms with Crippen molar-refractivity contribution in [1.29, 1.82) is 0 Å². The number of hydrogen-bond acceptors (Lipinski definition) is 6. The standard InChI is InChI=1S/C17H16ClNO4S2/c1-4-6-23-15-12(18)8-11(9-13(15)22-3)10-14-16(20)19(5-7-21-2)17(24)25-14/h1,8-10H,5-7H2,2-3H3. The van der Waals surface area contributed by atoms with Gasteiger partial charge in [-0.2, -0.15) is 0 Å². The summed E-state index contributed by atoms with van der Waals surface area (Å²) < 4.78 is 16.2. The number of rotatable bonds is 7. The summed E-state index contributed by atoms with van der Waals surface area (Å²) in [4.78, 5) is 14.5. The fraction of sp³-hybridized carbons (Fsp3) is 0.294. The number of carbonyl (C=O) groups is 1. The Morgan fingerprint density at radius 2 is 2.20 bits per heavy atom. The molecule has 25 heavy (non-hydrogen) atoms. The average Bonchev–Trinajstić information content (AvgIpc) is 2.85. The second-order valence-electron chi connectivity index (χ2n) is 4.85. The largest absolute Gasteiger partial charge is 0.493 e. The van der Waals surface area contributed by atoms with Gasteiger partial charge in [-0.25, -0.2) is 0 Å². The van der Waals surface area contributed by atoms with Gasteiger partial charge in [-0.05, 0) is 23.8 Å². The van der Waals surface area contributed by atoms with Crippen LogP contribution in [0.2, 0.25) is 5.02 Å². The Labute approximate surface area is 161 Å². The Hall–Kier alpha value is -1.72. The lowest BCUT2D eigenvalue weighted by Gasteiger charge is -2.13. The molecule has 132 valence electrons. The summed E-state index contributed by atoms with van der Waals surface area (Å²) in [6, 6.07) is 3.40. The molecule has 0 spiro atoms. The average molecular weight is 398 g/mol. The minimum Gasteiger partial charge on any atom is -0.493 e. The molecule has 1 saturated heterocycles. The first-order valence-electron chi connectivity index (χ1n) is 7.20. The molecule has 0 radical (unpaired) electrons. The van der Waals surface area contributed by atoms with Gasteiger partial charge in [-0.3, -0.25) is 9.69 Å². The number of thioether (sulfide) groups is 1. The number of amides is 1. The topological polar surface area (TPSA) is 48.0 Å². The van der Waals surface area contributed by atoms with E-state index in [9.17, 15) is 4.79 Å². The molecule has 1 heterocycles. The first kappa shape index (κ1) is 19.6. The Kier molecular flexibility index (Phi) is 7.14. The molecule has 1 aromatic rings. The van der Waals surface area contributed by atoms with Crippen LogP contribution in [-0.4, -0.2) is 49.1 Å². The van der Waals surface area contributed by atoms with E-state index < -0.39 is 0 Å². The van der Waals surface area contributed by atoms with E-state index in [1.165, 1.54) is 23.8 Å². The molecule has 1 amide bonds. The Morgan fingerprint density at radius 1 is 1.44 bits per heavy atom. The number of thiocarbonyl (C=S) groups is 1. The van der Waals surface area contributed by atoms with Crippen LogP contribution in [0, 0.1) is 12.3 Å². The minimum absolute atomic E-state index is 0.0770. The molecule has 0 aromatic heterocycles. The lowest BCUT2D eigenvalue weighted by atomic mass is 10.1. The quantitative estimate of drug-likeness (QED) is 0.400. The van der Waals surface area contributed by atoms with E-state index in [0.29, 0.717) is 44.5 Å². The van der Waals surface area contributed by atoms with Crippen LogP contribution in [-0.2, 0) is 9.53 Å². The number of carbonyl (C=O) groups excluding carboxylic acids is 1. The van der Waals surface area contributed by atoms with Crippen LogP contribution in [0.4, 0.5) is 0 Å². The third-order valence-corrected chi connectivity index (χ3v) is 4.90. The Morgan fingerprint density at radius 3 is 2.84 bits per heavy atom. The van der Waals surface area contributed by atoms with E-state index in [1.807, 2.05) is 0 Å². The molecule has 1 aliphatic rings. The van der Waals surface area contributed by atoms with E-state index in [2.05, 4.69) is 5.92 Å². The van der Waals surface area contributed by atoms with Gasteiger partial charge in [0, 0.05) is 7.11 Å². The van der Waals surface area contributed by atoms with Crippen molar-refractivity contribution in [2.45, 2.75) is 0 Å². The predicted molar refractivity (Wildman–Crippen MR) is 104 cm³/mol. The summed E-state index contributed by atoms with van der Waals surface area (Å²) in [5.41, 5.74) is 0.696. The van der Waals surface area contributed by atoms with Crippen molar-refractivity contribution in [3.8, 4) is 23.8 Å². The van der Waals surface area contributed by atoms with E-state index in [1.54, 1.807) is 25.3 Å². The molecule has 0 unspecified atom stereocenters. The summed E-state index contributed by atoms with van der Waals surface area (Å²) in [5, 5.41) is 0.343. The lowest BCUT2D eigenvalue weighted by Crippen LogP contribution is -2.31. The molecule has 8 heteroatoms. The normalized spacial score (nSPS) is 15.6. The van der Waals surface area contributed by atoms with Gasteiger partial charge in [0.2, 0.25) is 0 Å². The van der Waals surface area contributed by atoms with Crippen molar-refractivity contribution in [1.82, 2.24) is 4.90 Å². The summed E-state index contributed by atoms with van der Waals surface area (Å²) in [6.45, 7) is 0.912. The molecule has 0 aliphatic carbocycles. The lowest BCUT2D eigenvalue weighted by molar-refractivity contribution is -0.122. The molecular formula is C17H16ClNO4S2. The number of terminal acetylenes is 1. The van der Waals surface area contributed by atoms with E-state index in [-0.39, 0.29) is 12.5 Å². The SMILES string of the molecule is C#CCOc1c(Cl)cc(C=C2SC(=S)N(CCOC)C2=O)cc1OC. The van der Waals surface area contributed by atoms with Crippen molar-refractivity contribution >= 4 is 51.9 Å². The van der Waals surface area contributed by atoms with E-state index >= 15 is 0 Å². The molecule has 2 rings (SSSR count). The molecule has 0 saturated carbocycles. The van der Waals surface area contributed by atoms with Gasteiger partial charge in [0.25, 0.3) is 5.91 Å². The van der Waals surface area contributed by atoms with Crippen molar-refractivity contribution in [2.24, 2.45) is 0 Å². The molecule has 1 aromatic carbocycles. The van der Waals surface area contributed by atoms with Gasteiger partial charge in [-0.15, -0.1) is 6.42 Å². The fourth-order valence-electron chi connectivity index (χ4n) is 2.10. The number of benzene rings is 1. The highest BCUT2D eigenvalue weighted by molar-refractivity contribution is 8.26. The van der Waals surface area contributed by atoms with Crippen molar-refractivity contribution in [2.75, 3.05) is 34.0 Å². The van der Waals surface area contributed by atoms with Crippen LogP contribution in [0.1, 0.15) is 5.56 Å². The molecule has 1 aliphatic heterocycles. The smallest absolute Gasteiger partial charge is 0.266 e. The summed E-state index contributed by atoms with van der Waals surface area (Å²) in [7, 11) is 3.08. The number of ether oxygens (including phenoxy) is 3. The highest BCUT2D eigenvalue weighted by atomic mass is 35.5. The fourth-order valence-corrected chi connectivity index (χ4v) is 3.69. The second kappa shape index (κ2) is 9.11. The van der Waals surface area contributed by atoms with Crippen LogP contribution >= 0.6 is 35.6 Å². The maximum absolute atomic E-state index is 12.5. The van der Waals surface area contributed by atoms with Gasteiger partial charge in [0.1, 0.15) is 10.9 Å². The highest BCUT2D eigenvalue weighted by Gasteiger charge is 2.31. The number of hydrogen-bond donors (Lipinski definition) is 0. The summed E-state index contributed by atoms with van der Waals surface area (Å²) >= 11 is 12.7. The monoisotopic (exact) mass is 397 g/mol. The summed E-state index contributed by atoms with van der Waals surface area (Å²) in [6.07, 6.45) is 6.91. The first-order valence-corrected chi connectivity index (χ1v) is 8.80. The third kappa shape index (κ3) is 4.67. The number of methoxy groups -OCH3 is 2. The molecule has 5 nitrogen and oxygen atoms in total. The van der Waals surface area contributed by atoms with Crippen LogP contribution in [0.3, 0.4) is 0 Å². The van der Waals surface area contributed by atoms with Crippen LogP contribution in [0.25, 0.3) is 6.08 Å². The van der Waals surface area contributed by atoms with Crippen molar-refractivity contribution in [3.63, 3.8) is 0 Å². The first-order chi connectivity index (χ1) is 12.0. The zero-order valence-corrected chi connectivity index (χ0v) is 16.1. The third-order valence-electron chi connectivity index (χ3n) is 3.24. The number of nitrogens with zero attached hydrogens (tertiary/aromatic N) is 1. The van der Waals surface area contributed by atoms with Crippen LogP contribution in [0.5, 0.6) is 11.5 Å². The maximum atomic E-state index is 12.5. The molecule has 0 bridgehead atoms. The molecular weight excluding hydrogens is 382 g/mol. The zero-order chi connectivity index (χ0) is 18.4. The highest BCUT2D eigenvalue weighted by Crippen LogP contribution is 2.38. The summed E-state index contributed by atoms with van der Waals surface area (Å²) in [5.74, 6) is 3.02. The molecule has 1 fully saturated rings. The van der Waals surface area contributed by atoms with Crippen molar-refractivity contribution in [3.05, 3.63) is 27.6 Å². The van der Waals surface area contributed by atoms with Gasteiger partial charge in [-0.1, -0.05) is 41.5 Å². The maximum Gasteiger partial charge on any atom is 0.266 e.